The lowest BCUT2D eigenvalue weighted by atomic mass is 9.83. The molecule has 0 radical (unpaired) electrons. The summed E-state index contributed by atoms with van der Waals surface area (Å²) in [4.78, 5) is 0. The molecule has 1 aromatic carbocycles. The van der Waals surface area contributed by atoms with Crippen LogP contribution < -0.4 is 0 Å². The van der Waals surface area contributed by atoms with Crippen molar-refractivity contribution in [3.8, 4) is 11.5 Å². The van der Waals surface area contributed by atoms with E-state index in [9.17, 15) is 15.3 Å². The molecule has 0 saturated heterocycles. The highest BCUT2D eigenvalue weighted by Crippen LogP contribution is 2.41. The Morgan fingerprint density at radius 2 is 1.58 bits per heavy atom. The third kappa shape index (κ3) is 5.86. The predicted molar refractivity (Wildman–Crippen MR) is 101 cm³/mol. The fourth-order valence-corrected chi connectivity index (χ4v) is 3.09. The van der Waals surface area contributed by atoms with Crippen molar-refractivity contribution >= 4 is 0 Å². The van der Waals surface area contributed by atoms with Crippen LogP contribution in [0.2, 0.25) is 0 Å². The number of unbranched alkanes of at least 4 members (excludes halogenated alkanes) is 2. The van der Waals surface area contributed by atoms with Gasteiger partial charge in [0, 0.05) is 11.5 Å². The second-order valence-corrected chi connectivity index (χ2v) is 6.82. The average molecular weight is 335 g/mol. The Kier molecular flexibility index (Phi) is 8.91. The number of hydrogen-bond donors (Lipinski definition) is 3. The third-order valence-corrected chi connectivity index (χ3v) is 4.38. The molecule has 0 heterocycles. The molecule has 24 heavy (non-hydrogen) atoms. The van der Waals surface area contributed by atoms with E-state index in [-0.39, 0.29) is 23.5 Å². The SMILES string of the molecule is CCC.CCCCCc1cc(O)c(C2C=C(C)C(O)CC2)c(O)c1. The van der Waals surface area contributed by atoms with Gasteiger partial charge in [0.15, 0.2) is 0 Å². The van der Waals surface area contributed by atoms with Crippen LogP contribution in [0, 0.1) is 0 Å². The summed E-state index contributed by atoms with van der Waals surface area (Å²) in [5.74, 6) is 0.331. The molecule has 0 saturated carbocycles. The maximum absolute atomic E-state index is 10.3. The molecule has 0 amide bonds. The summed E-state index contributed by atoms with van der Waals surface area (Å²) in [5, 5.41) is 30.3. The maximum atomic E-state index is 10.3. The van der Waals surface area contributed by atoms with Crippen molar-refractivity contribution in [2.24, 2.45) is 0 Å². The van der Waals surface area contributed by atoms with Crippen LogP contribution in [0.15, 0.2) is 23.8 Å². The second-order valence-electron chi connectivity index (χ2n) is 6.82. The minimum absolute atomic E-state index is 0.0157. The van der Waals surface area contributed by atoms with Gasteiger partial charge in [-0.15, -0.1) is 0 Å². The van der Waals surface area contributed by atoms with Crippen molar-refractivity contribution in [3.63, 3.8) is 0 Å². The molecule has 1 aromatic rings. The van der Waals surface area contributed by atoms with Crippen molar-refractivity contribution in [2.45, 2.75) is 84.7 Å². The molecule has 3 nitrogen and oxygen atoms in total. The Balaban J connectivity index is 0.000000891. The second kappa shape index (κ2) is 10.4. The van der Waals surface area contributed by atoms with E-state index in [2.05, 4.69) is 20.8 Å². The zero-order chi connectivity index (χ0) is 18.1. The first-order valence-corrected chi connectivity index (χ1v) is 9.35. The summed E-state index contributed by atoms with van der Waals surface area (Å²) < 4.78 is 0. The van der Waals surface area contributed by atoms with Gasteiger partial charge in [-0.2, -0.15) is 0 Å². The van der Waals surface area contributed by atoms with Crippen molar-refractivity contribution in [1.82, 2.24) is 0 Å². The molecule has 3 N–H and O–H groups in total. The zero-order valence-electron chi connectivity index (χ0n) is 15.7. The van der Waals surface area contributed by atoms with Crippen LogP contribution in [0.3, 0.4) is 0 Å². The molecule has 0 aromatic heterocycles. The summed E-state index contributed by atoms with van der Waals surface area (Å²) in [6.45, 7) is 8.30. The van der Waals surface area contributed by atoms with Crippen molar-refractivity contribution in [3.05, 3.63) is 34.9 Å². The van der Waals surface area contributed by atoms with Gasteiger partial charge < -0.3 is 15.3 Å². The molecular formula is C21H34O3. The minimum Gasteiger partial charge on any atom is -0.507 e. The summed E-state index contributed by atoms with van der Waals surface area (Å²) in [6, 6.07) is 3.55. The summed E-state index contributed by atoms with van der Waals surface area (Å²) >= 11 is 0. The highest BCUT2D eigenvalue weighted by molar-refractivity contribution is 5.50. The molecule has 0 aliphatic heterocycles. The average Bonchev–Trinajstić information content (AvgIpc) is 2.51. The first-order valence-electron chi connectivity index (χ1n) is 9.35. The van der Waals surface area contributed by atoms with E-state index < -0.39 is 0 Å². The smallest absolute Gasteiger partial charge is 0.123 e. The van der Waals surface area contributed by atoms with Crippen LogP contribution in [0.5, 0.6) is 11.5 Å². The van der Waals surface area contributed by atoms with Gasteiger partial charge in [0.05, 0.1) is 6.10 Å². The van der Waals surface area contributed by atoms with E-state index in [4.69, 9.17) is 0 Å². The van der Waals surface area contributed by atoms with E-state index in [1.165, 1.54) is 6.42 Å². The number of rotatable bonds is 5. The molecule has 2 rings (SSSR count). The van der Waals surface area contributed by atoms with Crippen LogP contribution in [-0.2, 0) is 6.42 Å². The lowest BCUT2D eigenvalue weighted by Crippen LogP contribution is -2.16. The Bertz CT molecular complexity index is 511. The van der Waals surface area contributed by atoms with Crippen molar-refractivity contribution < 1.29 is 15.3 Å². The molecule has 2 atom stereocenters. The first kappa shape index (κ1) is 20.6. The topological polar surface area (TPSA) is 60.7 Å². The number of allylic oxidation sites excluding steroid dienone is 1. The predicted octanol–water partition coefficient (Wildman–Crippen LogP) is 5.43. The van der Waals surface area contributed by atoms with Gasteiger partial charge in [-0.05, 0) is 55.9 Å². The molecular weight excluding hydrogens is 300 g/mol. The number of benzene rings is 1. The van der Waals surface area contributed by atoms with Gasteiger partial charge >= 0.3 is 0 Å². The number of aliphatic hydroxyl groups is 1. The number of hydrogen-bond acceptors (Lipinski definition) is 3. The van der Waals surface area contributed by atoms with Crippen molar-refractivity contribution in [2.75, 3.05) is 0 Å². The molecule has 0 spiro atoms. The van der Waals surface area contributed by atoms with Gasteiger partial charge in [0.2, 0.25) is 0 Å². The summed E-state index contributed by atoms with van der Waals surface area (Å²) in [6.07, 6.45) is 8.50. The summed E-state index contributed by atoms with van der Waals surface area (Å²) in [7, 11) is 0. The Morgan fingerprint density at radius 1 is 1.00 bits per heavy atom. The van der Waals surface area contributed by atoms with Crippen LogP contribution >= 0.6 is 0 Å². The highest BCUT2D eigenvalue weighted by atomic mass is 16.3. The number of aliphatic hydroxyl groups excluding tert-OH is 1. The fraction of sp³-hybridized carbons (Fsp3) is 0.619. The van der Waals surface area contributed by atoms with E-state index in [1.54, 1.807) is 12.1 Å². The molecule has 136 valence electrons. The maximum Gasteiger partial charge on any atom is 0.123 e. The lowest BCUT2D eigenvalue weighted by Gasteiger charge is -2.25. The standard InChI is InChI=1S/C18H26O3.C3H8/c1-3-4-5-6-13-10-16(20)18(17(21)11-13)14-7-8-15(19)12(2)9-14;1-3-2/h9-11,14-15,19-21H,3-8H2,1-2H3;3H2,1-2H3. The lowest BCUT2D eigenvalue weighted by molar-refractivity contribution is 0.187. The van der Waals surface area contributed by atoms with Crippen LogP contribution in [0.25, 0.3) is 0 Å². The Morgan fingerprint density at radius 3 is 2.08 bits per heavy atom. The quantitative estimate of drug-likeness (QED) is 0.497. The number of aryl methyl sites for hydroxylation is 1. The molecule has 2 unspecified atom stereocenters. The molecule has 0 fully saturated rings. The molecule has 1 aliphatic carbocycles. The molecule has 0 bridgehead atoms. The monoisotopic (exact) mass is 334 g/mol. The Hall–Kier alpha value is -1.48. The number of aromatic hydroxyl groups is 2. The summed E-state index contributed by atoms with van der Waals surface area (Å²) in [5.41, 5.74) is 2.50. The van der Waals surface area contributed by atoms with E-state index >= 15 is 0 Å². The van der Waals surface area contributed by atoms with E-state index in [1.807, 2.05) is 13.0 Å². The van der Waals surface area contributed by atoms with Crippen LogP contribution in [0.1, 0.15) is 83.3 Å². The fourth-order valence-electron chi connectivity index (χ4n) is 3.09. The third-order valence-electron chi connectivity index (χ3n) is 4.38. The van der Waals surface area contributed by atoms with Gasteiger partial charge in [-0.25, -0.2) is 0 Å². The minimum atomic E-state index is -0.390. The van der Waals surface area contributed by atoms with Crippen LogP contribution in [-0.4, -0.2) is 21.4 Å². The normalized spacial score (nSPS) is 20.1. The first-order chi connectivity index (χ1) is 11.4. The zero-order valence-corrected chi connectivity index (χ0v) is 15.7. The van der Waals surface area contributed by atoms with Gasteiger partial charge in [-0.1, -0.05) is 46.1 Å². The number of phenols is 2. The van der Waals surface area contributed by atoms with Gasteiger partial charge in [0.1, 0.15) is 11.5 Å². The molecule has 1 aliphatic rings. The molecule has 3 heteroatoms. The van der Waals surface area contributed by atoms with Gasteiger partial charge in [-0.3, -0.25) is 0 Å². The Labute approximate surface area is 147 Å². The number of phenolic OH excluding ortho intramolecular Hbond substituents is 2. The van der Waals surface area contributed by atoms with E-state index in [0.717, 1.165) is 43.2 Å². The van der Waals surface area contributed by atoms with Crippen molar-refractivity contribution in [1.29, 1.82) is 0 Å². The highest BCUT2D eigenvalue weighted by Gasteiger charge is 2.24. The van der Waals surface area contributed by atoms with Gasteiger partial charge in [0.25, 0.3) is 0 Å². The van der Waals surface area contributed by atoms with E-state index in [0.29, 0.717) is 12.0 Å². The van der Waals surface area contributed by atoms with Crippen LogP contribution in [0.4, 0.5) is 0 Å². The largest absolute Gasteiger partial charge is 0.507 e.